The van der Waals surface area contributed by atoms with Crippen molar-refractivity contribution in [2.75, 3.05) is 37.6 Å². The Labute approximate surface area is 169 Å². The van der Waals surface area contributed by atoms with E-state index in [-0.39, 0.29) is 24.5 Å². The Bertz CT molecular complexity index is 852. The molecule has 2 atom stereocenters. The molecular weight excluding hydrogens is 378 g/mol. The molecule has 28 heavy (non-hydrogen) atoms. The number of nitrogens with two attached hydrogens (primary N) is 1. The predicted octanol–water partition coefficient (Wildman–Crippen LogP) is 2.11. The van der Waals surface area contributed by atoms with Crippen molar-refractivity contribution in [2.24, 2.45) is 5.73 Å². The molecule has 1 aromatic carbocycles. The van der Waals surface area contributed by atoms with Gasteiger partial charge in [0.05, 0.1) is 24.3 Å². The summed E-state index contributed by atoms with van der Waals surface area (Å²) in [5.74, 6) is 0.643. The van der Waals surface area contributed by atoms with Crippen molar-refractivity contribution in [1.82, 2.24) is 14.9 Å². The summed E-state index contributed by atoms with van der Waals surface area (Å²) in [5, 5.41) is 0.649. The Morgan fingerprint density at radius 1 is 1.25 bits per heavy atom. The molecule has 1 fully saturated rings. The van der Waals surface area contributed by atoms with Crippen LogP contribution in [0.25, 0.3) is 0 Å². The van der Waals surface area contributed by atoms with Crippen LogP contribution in [0.4, 0.5) is 5.82 Å². The van der Waals surface area contributed by atoms with Crippen LogP contribution < -0.4 is 10.6 Å². The molecule has 1 aromatic heterocycles. The van der Waals surface area contributed by atoms with Gasteiger partial charge in [0.1, 0.15) is 12.1 Å². The number of rotatable bonds is 4. The van der Waals surface area contributed by atoms with Gasteiger partial charge in [-0.2, -0.15) is 0 Å². The number of piperazine rings is 1. The van der Waals surface area contributed by atoms with Crippen LogP contribution in [-0.2, 0) is 16.1 Å². The highest BCUT2D eigenvalue weighted by Crippen LogP contribution is 2.35. The zero-order chi connectivity index (χ0) is 19.7. The minimum absolute atomic E-state index is 0.00242. The number of ether oxygens (including phenoxy) is 1. The van der Waals surface area contributed by atoms with Crippen LogP contribution in [0.5, 0.6) is 0 Å². The molecule has 0 saturated carbocycles. The van der Waals surface area contributed by atoms with Crippen LogP contribution in [0.15, 0.2) is 30.6 Å². The number of aromatic nitrogens is 2. The van der Waals surface area contributed by atoms with Gasteiger partial charge < -0.3 is 20.3 Å². The maximum atomic E-state index is 13.0. The van der Waals surface area contributed by atoms with E-state index in [0.717, 1.165) is 35.7 Å². The van der Waals surface area contributed by atoms with E-state index in [0.29, 0.717) is 24.7 Å². The number of nitrogens with zero attached hydrogens (tertiary/aromatic N) is 4. The van der Waals surface area contributed by atoms with E-state index < -0.39 is 0 Å². The van der Waals surface area contributed by atoms with Crippen molar-refractivity contribution in [1.29, 1.82) is 0 Å². The average molecular weight is 402 g/mol. The van der Waals surface area contributed by atoms with Gasteiger partial charge in [-0.3, -0.25) is 4.79 Å². The van der Waals surface area contributed by atoms with Gasteiger partial charge in [0.15, 0.2) is 0 Å². The summed E-state index contributed by atoms with van der Waals surface area (Å²) in [6.45, 7) is 5.54. The van der Waals surface area contributed by atoms with Gasteiger partial charge in [0, 0.05) is 43.3 Å². The van der Waals surface area contributed by atoms with Crippen molar-refractivity contribution < 1.29 is 9.53 Å². The van der Waals surface area contributed by atoms with Crippen LogP contribution in [0, 0.1) is 0 Å². The SMILES string of the molecule is CC1OCc2ncnc(N3CCN(C(=O)C(CN)c4ccc(Cl)cc4)CC3)c21. The fourth-order valence-corrected chi connectivity index (χ4v) is 4.05. The molecule has 1 saturated heterocycles. The summed E-state index contributed by atoms with van der Waals surface area (Å²) in [5.41, 5.74) is 8.86. The number of anilines is 1. The monoisotopic (exact) mass is 401 g/mol. The van der Waals surface area contributed by atoms with Crippen molar-refractivity contribution in [3.8, 4) is 0 Å². The summed E-state index contributed by atoms with van der Waals surface area (Å²) in [6, 6.07) is 7.34. The molecule has 2 N–H and O–H groups in total. The van der Waals surface area contributed by atoms with Gasteiger partial charge in [0.2, 0.25) is 5.91 Å². The molecule has 0 radical (unpaired) electrons. The molecule has 7 nitrogen and oxygen atoms in total. The molecule has 148 valence electrons. The summed E-state index contributed by atoms with van der Waals surface area (Å²) in [6.07, 6.45) is 1.59. The van der Waals surface area contributed by atoms with E-state index in [1.54, 1.807) is 18.5 Å². The lowest BCUT2D eigenvalue weighted by atomic mass is 9.97. The smallest absolute Gasteiger partial charge is 0.231 e. The van der Waals surface area contributed by atoms with Gasteiger partial charge in [-0.1, -0.05) is 23.7 Å². The zero-order valence-electron chi connectivity index (χ0n) is 15.8. The summed E-state index contributed by atoms with van der Waals surface area (Å²) < 4.78 is 5.70. The lowest BCUT2D eigenvalue weighted by Gasteiger charge is -2.37. The maximum absolute atomic E-state index is 13.0. The molecule has 2 aliphatic rings. The highest BCUT2D eigenvalue weighted by Gasteiger charge is 2.31. The highest BCUT2D eigenvalue weighted by molar-refractivity contribution is 6.30. The van der Waals surface area contributed by atoms with Gasteiger partial charge >= 0.3 is 0 Å². The van der Waals surface area contributed by atoms with Crippen molar-refractivity contribution in [3.63, 3.8) is 0 Å². The first-order chi connectivity index (χ1) is 13.6. The lowest BCUT2D eigenvalue weighted by Crippen LogP contribution is -2.51. The molecule has 2 unspecified atom stereocenters. The third kappa shape index (κ3) is 3.57. The van der Waals surface area contributed by atoms with Crippen LogP contribution in [0.2, 0.25) is 5.02 Å². The summed E-state index contributed by atoms with van der Waals surface area (Å²) >= 11 is 5.96. The second kappa shape index (κ2) is 8.03. The molecule has 1 amide bonds. The number of benzene rings is 1. The molecule has 0 spiro atoms. The minimum Gasteiger partial charge on any atom is -0.367 e. The van der Waals surface area contributed by atoms with Crippen molar-refractivity contribution in [2.45, 2.75) is 25.6 Å². The molecule has 3 heterocycles. The Hall–Kier alpha value is -2.22. The maximum Gasteiger partial charge on any atom is 0.231 e. The van der Waals surface area contributed by atoms with Crippen LogP contribution in [-0.4, -0.2) is 53.5 Å². The number of hydrogen-bond donors (Lipinski definition) is 1. The standard InChI is InChI=1S/C20H24ClN5O2/c1-13-18-17(11-28-13)23-12-24-19(18)25-6-8-26(9-7-25)20(27)16(10-22)14-2-4-15(21)5-3-14/h2-5,12-13,16H,6-11,22H2,1H3. The fourth-order valence-electron chi connectivity index (χ4n) is 3.93. The quantitative estimate of drug-likeness (QED) is 0.844. The van der Waals surface area contributed by atoms with Crippen LogP contribution in [0.3, 0.4) is 0 Å². The molecule has 0 aliphatic carbocycles. The first-order valence-corrected chi connectivity index (χ1v) is 9.91. The Balaban J connectivity index is 1.45. The number of carbonyl (C=O) groups is 1. The van der Waals surface area contributed by atoms with Crippen molar-refractivity contribution in [3.05, 3.63) is 52.4 Å². The molecule has 8 heteroatoms. The highest BCUT2D eigenvalue weighted by atomic mass is 35.5. The van der Waals surface area contributed by atoms with E-state index in [1.165, 1.54) is 0 Å². The molecular formula is C20H24ClN5O2. The first kappa shape index (κ1) is 19.1. The van der Waals surface area contributed by atoms with Crippen molar-refractivity contribution >= 4 is 23.3 Å². The summed E-state index contributed by atoms with van der Waals surface area (Å²) in [4.78, 5) is 26.0. The zero-order valence-corrected chi connectivity index (χ0v) is 16.6. The van der Waals surface area contributed by atoms with Gasteiger partial charge in [0.25, 0.3) is 0 Å². The third-order valence-electron chi connectivity index (χ3n) is 5.52. The minimum atomic E-state index is -0.347. The third-order valence-corrected chi connectivity index (χ3v) is 5.77. The molecule has 2 aromatic rings. The predicted molar refractivity (Wildman–Crippen MR) is 107 cm³/mol. The van der Waals surface area contributed by atoms with Gasteiger partial charge in [-0.25, -0.2) is 9.97 Å². The number of fused-ring (bicyclic) bond motifs is 1. The Morgan fingerprint density at radius 3 is 2.64 bits per heavy atom. The van der Waals surface area contributed by atoms with Crippen LogP contribution >= 0.6 is 11.6 Å². The van der Waals surface area contributed by atoms with E-state index in [9.17, 15) is 4.79 Å². The topological polar surface area (TPSA) is 84.6 Å². The molecule has 4 rings (SSSR count). The Morgan fingerprint density at radius 2 is 1.96 bits per heavy atom. The summed E-state index contributed by atoms with van der Waals surface area (Å²) in [7, 11) is 0. The van der Waals surface area contributed by atoms with Gasteiger partial charge in [-0.15, -0.1) is 0 Å². The largest absolute Gasteiger partial charge is 0.367 e. The van der Waals surface area contributed by atoms with E-state index in [2.05, 4.69) is 14.9 Å². The number of halogens is 1. The average Bonchev–Trinajstić information content (AvgIpc) is 3.11. The normalized spacial score (nSPS) is 20.2. The Kier molecular flexibility index (Phi) is 5.48. The van der Waals surface area contributed by atoms with E-state index in [1.807, 2.05) is 24.0 Å². The fraction of sp³-hybridized carbons (Fsp3) is 0.450. The first-order valence-electron chi connectivity index (χ1n) is 9.53. The second-order valence-electron chi connectivity index (χ2n) is 7.16. The van der Waals surface area contributed by atoms with E-state index in [4.69, 9.17) is 22.1 Å². The second-order valence-corrected chi connectivity index (χ2v) is 7.60. The number of amides is 1. The lowest BCUT2D eigenvalue weighted by molar-refractivity contribution is -0.132. The number of carbonyl (C=O) groups excluding carboxylic acids is 1. The van der Waals surface area contributed by atoms with Crippen LogP contribution in [0.1, 0.15) is 35.8 Å². The molecule has 0 bridgehead atoms. The molecule has 2 aliphatic heterocycles. The van der Waals surface area contributed by atoms with E-state index >= 15 is 0 Å². The van der Waals surface area contributed by atoms with Gasteiger partial charge in [-0.05, 0) is 24.6 Å². The number of hydrogen-bond acceptors (Lipinski definition) is 6.